The first-order valence-corrected chi connectivity index (χ1v) is 7.14. The Morgan fingerprint density at radius 2 is 1.95 bits per heavy atom. The number of nitrogens with one attached hydrogen (secondary N) is 1. The van der Waals surface area contributed by atoms with Crippen molar-refractivity contribution in [2.45, 2.75) is 26.4 Å². The molecule has 108 valence electrons. The van der Waals surface area contributed by atoms with E-state index in [0.717, 1.165) is 11.3 Å². The summed E-state index contributed by atoms with van der Waals surface area (Å²) < 4.78 is 5.48. The maximum atomic E-state index is 9.37. The molecule has 2 aromatic rings. The molecule has 1 unspecified atom stereocenters. The molecule has 0 aromatic heterocycles. The summed E-state index contributed by atoms with van der Waals surface area (Å²) in [6.45, 7) is 5.30. The summed E-state index contributed by atoms with van der Waals surface area (Å²) >= 11 is 0. The fraction of sp³-hybridized carbons (Fsp3) is 0.278. The van der Waals surface area contributed by atoms with Gasteiger partial charge in [0.25, 0.3) is 0 Å². The van der Waals surface area contributed by atoms with Gasteiger partial charge in [-0.1, -0.05) is 42.0 Å². The van der Waals surface area contributed by atoms with Crippen molar-refractivity contribution in [3.63, 3.8) is 0 Å². The molecule has 0 aliphatic heterocycles. The summed E-state index contributed by atoms with van der Waals surface area (Å²) in [6.07, 6.45) is 0. The highest BCUT2D eigenvalue weighted by Crippen LogP contribution is 2.19. The monoisotopic (exact) mass is 280 g/mol. The molecule has 3 nitrogen and oxygen atoms in total. The second kappa shape index (κ2) is 7.47. The van der Waals surface area contributed by atoms with Crippen LogP contribution in [0.4, 0.5) is 0 Å². The molecule has 0 fully saturated rings. The van der Waals surface area contributed by atoms with Crippen LogP contribution in [0.2, 0.25) is 0 Å². The van der Waals surface area contributed by atoms with Gasteiger partial charge in [-0.25, -0.2) is 0 Å². The maximum absolute atomic E-state index is 9.37. The fourth-order valence-electron chi connectivity index (χ4n) is 2.11. The van der Waals surface area contributed by atoms with Gasteiger partial charge in [-0.3, -0.25) is 5.32 Å². The molecule has 0 saturated carbocycles. The number of ether oxygens (including phenoxy) is 1. The second-order valence-corrected chi connectivity index (χ2v) is 4.93. The molecule has 0 bridgehead atoms. The number of aryl methyl sites for hydroxylation is 1. The van der Waals surface area contributed by atoms with Crippen molar-refractivity contribution >= 4 is 0 Å². The molecule has 0 aliphatic carbocycles. The van der Waals surface area contributed by atoms with E-state index in [-0.39, 0.29) is 6.04 Å². The van der Waals surface area contributed by atoms with Gasteiger partial charge in [0, 0.05) is 6.54 Å². The van der Waals surface area contributed by atoms with E-state index in [2.05, 4.69) is 42.6 Å². The van der Waals surface area contributed by atoms with Gasteiger partial charge in [0.1, 0.15) is 11.8 Å². The van der Waals surface area contributed by atoms with Crippen LogP contribution in [-0.4, -0.2) is 6.61 Å². The third kappa shape index (κ3) is 4.34. The van der Waals surface area contributed by atoms with Crippen molar-refractivity contribution in [3.05, 3.63) is 65.2 Å². The van der Waals surface area contributed by atoms with Gasteiger partial charge in [0.2, 0.25) is 0 Å². The van der Waals surface area contributed by atoms with E-state index in [1.54, 1.807) is 0 Å². The Kier molecular flexibility index (Phi) is 5.36. The number of nitriles is 1. The second-order valence-electron chi connectivity index (χ2n) is 4.93. The predicted octanol–water partition coefficient (Wildman–Crippen LogP) is 3.75. The summed E-state index contributed by atoms with van der Waals surface area (Å²) in [6, 6.07) is 17.9. The number of nitrogens with zero attached hydrogens (tertiary/aromatic N) is 1. The van der Waals surface area contributed by atoms with Crippen LogP contribution >= 0.6 is 0 Å². The largest absolute Gasteiger partial charge is 0.494 e. The topological polar surface area (TPSA) is 45.0 Å². The highest BCUT2D eigenvalue weighted by Gasteiger charge is 2.10. The van der Waals surface area contributed by atoms with Gasteiger partial charge in [0.05, 0.1) is 12.7 Å². The zero-order chi connectivity index (χ0) is 15.1. The molecular formula is C18H20N2O. The SMILES string of the molecule is CCOc1cccc(C(C#N)NCc2ccc(C)cc2)c1. The van der Waals surface area contributed by atoms with Crippen LogP contribution in [0.3, 0.4) is 0 Å². The third-order valence-electron chi connectivity index (χ3n) is 3.26. The Labute approximate surface area is 126 Å². The Morgan fingerprint density at radius 3 is 2.62 bits per heavy atom. The highest BCUT2D eigenvalue weighted by atomic mass is 16.5. The molecule has 2 rings (SSSR count). The Morgan fingerprint density at radius 1 is 1.19 bits per heavy atom. The zero-order valence-electron chi connectivity index (χ0n) is 12.5. The number of benzene rings is 2. The van der Waals surface area contributed by atoms with Gasteiger partial charge in [-0.05, 0) is 37.1 Å². The van der Waals surface area contributed by atoms with Crippen molar-refractivity contribution in [1.82, 2.24) is 5.32 Å². The van der Waals surface area contributed by atoms with Crippen molar-refractivity contribution in [1.29, 1.82) is 5.26 Å². The number of hydrogen-bond acceptors (Lipinski definition) is 3. The third-order valence-corrected chi connectivity index (χ3v) is 3.26. The van der Waals surface area contributed by atoms with Crippen LogP contribution in [0.15, 0.2) is 48.5 Å². The van der Waals surface area contributed by atoms with Crippen molar-refractivity contribution in [2.24, 2.45) is 0 Å². The van der Waals surface area contributed by atoms with Crippen LogP contribution in [0.5, 0.6) is 5.75 Å². The minimum absolute atomic E-state index is 0.341. The zero-order valence-corrected chi connectivity index (χ0v) is 12.5. The van der Waals surface area contributed by atoms with Gasteiger partial charge >= 0.3 is 0 Å². The lowest BCUT2D eigenvalue weighted by molar-refractivity contribution is 0.339. The van der Waals surface area contributed by atoms with Gasteiger partial charge in [-0.2, -0.15) is 5.26 Å². The van der Waals surface area contributed by atoms with Gasteiger partial charge in [0.15, 0.2) is 0 Å². The van der Waals surface area contributed by atoms with Crippen LogP contribution in [-0.2, 0) is 6.54 Å². The van der Waals surface area contributed by atoms with Crippen LogP contribution in [0, 0.1) is 18.3 Å². The van der Waals surface area contributed by atoms with E-state index >= 15 is 0 Å². The van der Waals surface area contributed by atoms with E-state index in [4.69, 9.17) is 4.74 Å². The van der Waals surface area contributed by atoms with E-state index in [0.29, 0.717) is 13.2 Å². The van der Waals surface area contributed by atoms with E-state index in [9.17, 15) is 5.26 Å². The van der Waals surface area contributed by atoms with Crippen molar-refractivity contribution in [2.75, 3.05) is 6.61 Å². The van der Waals surface area contributed by atoms with E-state index in [1.807, 2.05) is 31.2 Å². The average molecular weight is 280 g/mol. The molecular weight excluding hydrogens is 260 g/mol. The first-order chi connectivity index (χ1) is 10.2. The molecule has 3 heteroatoms. The summed E-state index contributed by atoms with van der Waals surface area (Å²) in [5.74, 6) is 0.799. The van der Waals surface area contributed by atoms with Crippen LogP contribution in [0.1, 0.15) is 29.7 Å². The molecule has 0 aliphatic rings. The standard InChI is InChI=1S/C18H20N2O/c1-3-21-17-6-4-5-16(11-17)18(12-19)20-13-15-9-7-14(2)8-10-15/h4-11,18,20H,3,13H2,1-2H3. The minimum Gasteiger partial charge on any atom is -0.494 e. The van der Waals surface area contributed by atoms with Crippen LogP contribution in [0.25, 0.3) is 0 Å². The lowest BCUT2D eigenvalue weighted by Gasteiger charge is -2.13. The van der Waals surface area contributed by atoms with Gasteiger partial charge in [-0.15, -0.1) is 0 Å². The summed E-state index contributed by atoms with van der Waals surface area (Å²) in [5.41, 5.74) is 3.33. The van der Waals surface area contributed by atoms with Gasteiger partial charge < -0.3 is 4.74 Å². The number of rotatable bonds is 6. The Bertz CT molecular complexity index is 614. The molecule has 1 N–H and O–H groups in total. The smallest absolute Gasteiger partial charge is 0.121 e. The molecule has 0 saturated heterocycles. The molecule has 21 heavy (non-hydrogen) atoms. The lowest BCUT2D eigenvalue weighted by atomic mass is 10.1. The summed E-state index contributed by atoms with van der Waals surface area (Å²) in [4.78, 5) is 0. The summed E-state index contributed by atoms with van der Waals surface area (Å²) in [5, 5.41) is 12.6. The van der Waals surface area contributed by atoms with E-state index in [1.165, 1.54) is 11.1 Å². The normalized spacial score (nSPS) is 11.7. The fourth-order valence-corrected chi connectivity index (χ4v) is 2.11. The molecule has 0 spiro atoms. The predicted molar refractivity (Wildman–Crippen MR) is 84.0 cm³/mol. The Balaban J connectivity index is 2.04. The molecule has 1 atom stereocenters. The first-order valence-electron chi connectivity index (χ1n) is 7.14. The minimum atomic E-state index is -0.341. The molecule has 0 heterocycles. The Hall–Kier alpha value is -2.31. The van der Waals surface area contributed by atoms with E-state index < -0.39 is 0 Å². The average Bonchev–Trinajstić information content (AvgIpc) is 2.50. The number of hydrogen-bond donors (Lipinski definition) is 1. The highest BCUT2D eigenvalue weighted by molar-refractivity contribution is 5.33. The summed E-state index contributed by atoms with van der Waals surface area (Å²) in [7, 11) is 0. The van der Waals surface area contributed by atoms with Crippen LogP contribution < -0.4 is 10.1 Å². The molecule has 0 amide bonds. The molecule has 2 aromatic carbocycles. The molecule has 0 radical (unpaired) electrons. The van der Waals surface area contributed by atoms with Crippen molar-refractivity contribution in [3.8, 4) is 11.8 Å². The maximum Gasteiger partial charge on any atom is 0.121 e. The quantitative estimate of drug-likeness (QED) is 0.876. The first kappa shape index (κ1) is 15.1. The lowest BCUT2D eigenvalue weighted by Crippen LogP contribution is -2.19. The van der Waals surface area contributed by atoms with Crippen molar-refractivity contribution < 1.29 is 4.74 Å².